The minimum Gasteiger partial charge on any atom is -0.477 e. The van der Waals surface area contributed by atoms with Crippen molar-refractivity contribution in [1.82, 2.24) is 25.1 Å². The number of halogens is 2. The predicted molar refractivity (Wildman–Crippen MR) is 93.4 cm³/mol. The maximum absolute atomic E-state index is 12.0. The molecule has 0 aliphatic carbocycles. The molecule has 1 amide bonds. The smallest absolute Gasteiger partial charge is 0.341 e. The number of amides is 1. The number of carboxylic acids is 1. The van der Waals surface area contributed by atoms with Gasteiger partial charge in [-0.3, -0.25) is 9.59 Å². The van der Waals surface area contributed by atoms with Crippen LogP contribution in [0.2, 0.25) is 10.0 Å². The Bertz CT molecular complexity index is 1060. The number of carbonyl (C=O) groups is 2. The number of fused-ring (bicyclic) bond motifs is 1. The zero-order valence-electron chi connectivity index (χ0n) is 13.0. The number of benzene rings is 1. The third kappa shape index (κ3) is 3.53. The van der Waals surface area contributed by atoms with Gasteiger partial charge < -0.3 is 15.4 Å². The number of nitrogens with zero attached hydrogens (tertiary/aromatic N) is 3. The molecule has 0 bridgehead atoms. The highest BCUT2D eigenvalue weighted by atomic mass is 35.5. The van der Waals surface area contributed by atoms with Crippen molar-refractivity contribution in [2.75, 3.05) is 0 Å². The first-order valence-corrected chi connectivity index (χ1v) is 7.98. The fraction of sp³-hybridized carbons (Fsp3) is 0.133. The average Bonchev–Trinajstić information content (AvgIpc) is 3.08. The summed E-state index contributed by atoms with van der Waals surface area (Å²) in [4.78, 5) is 41.3. The lowest BCUT2D eigenvalue weighted by atomic mass is 10.1. The lowest BCUT2D eigenvalue weighted by Gasteiger charge is -2.12. The molecule has 0 aliphatic heterocycles. The van der Waals surface area contributed by atoms with Gasteiger partial charge >= 0.3 is 5.97 Å². The first kappa shape index (κ1) is 17.9. The number of rotatable bonds is 5. The molecule has 3 rings (SSSR count). The number of hydrogen-bond donors (Lipinski definition) is 3. The number of aromatic amines is 1. The molecule has 0 saturated heterocycles. The number of aromatic nitrogens is 4. The first-order chi connectivity index (χ1) is 12.4. The van der Waals surface area contributed by atoms with Crippen molar-refractivity contribution < 1.29 is 14.7 Å². The Balaban J connectivity index is 1.95. The number of hydrogen-bond acceptors (Lipinski definition) is 5. The van der Waals surface area contributed by atoms with Gasteiger partial charge in [-0.05, 0) is 12.1 Å². The summed E-state index contributed by atoms with van der Waals surface area (Å²) in [6.07, 6.45) is 2.70. The van der Waals surface area contributed by atoms with E-state index < -0.39 is 17.1 Å². The number of H-pyrrole nitrogens is 1. The number of pyridine rings is 1. The summed E-state index contributed by atoms with van der Waals surface area (Å²) in [7, 11) is 0. The van der Waals surface area contributed by atoms with Gasteiger partial charge in [0, 0.05) is 17.5 Å². The second-order valence-electron chi connectivity index (χ2n) is 5.30. The quantitative estimate of drug-likeness (QED) is 0.599. The SMILES string of the molecule is O=C(Cn1cncn1)NCc1c(Cl)c(Cl)cc2cc(C(=O)O)c(=O)[nH]c12. The molecule has 3 aromatic rings. The van der Waals surface area contributed by atoms with Gasteiger partial charge in [0.1, 0.15) is 24.8 Å². The van der Waals surface area contributed by atoms with Crippen LogP contribution in [0.5, 0.6) is 0 Å². The maximum atomic E-state index is 12.0. The Hall–Kier alpha value is -2.91. The van der Waals surface area contributed by atoms with E-state index in [1.54, 1.807) is 0 Å². The fourth-order valence-corrected chi connectivity index (χ4v) is 2.84. The molecular weight excluding hydrogens is 385 g/mol. The molecule has 0 aliphatic rings. The Kier molecular flexibility index (Phi) is 4.92. The molecule has 1 aromatic carbocycles. The molecule has 9 nitrogen and oxygen atoms in total. The Morgan fingerprint density at radius 2 is 2.08 bits per heavy atom. The van der Waals surface area contributed by atoms with Crippen molar-refractivity contribution in [3.63, 3.8) is 0 Å². The number of nitrogens with one attached hydrogen (secondary N) is 2. The van der Waals surface area contributed by atoms with Crippen molar-refractivity contribution in [2.24, 2.45) is 0 Å². The second-order valence-corrected chi connectivity index (χ2v) is 6.09. The predicted octanol–water partition coefficient (Wildman–Crippen LogP) is 1.44. The topological polar surface area (TPSA) is 130 Å². The van der Waals surface area contributed by atoms with Crippen LogP contribution < -0.4 is 10.9 Å². The second kappa shape index (κ2) is 7.14. The van der Waals surface area contributed by atoms with Gasteiger partial charge in [0.15, 0.2) is 0 Å². The molecular formula is C15H11Cl2N5O4. The van der Waals surface area contributed by atoms with Crippen LogP contribution in [0.25, 0.3) is 10.9 Å². The molecule has 2 heterocycles. The van der Waals surface area contributed by atoms with E-state index in [0.717, 1.165) is 0 Å². The molecule has 0 fully saturated rings. The minimum atomic E-state index is -1.36. The summed E-state index contributed by atoms with van der Waals surface area (Å²) in [5, 5.41) is 16.2. The van der Waals surface area contributed by atoms with Gasteiger partial charge in [-0.15, -0.1) is 0 Å². The van der Waals surface area contributed by atoms with E-state index in [0.29, 0.717) is 16.5 Å². The van der Waals surface area contributed by atoms with E-state index in [9.17, 15) is 14.4 Å². The summed E-state index contributed by atoms with van der Waals surface area (Å²) in [6.45, 7) is -0.0679. The molecule has 26 heavy (non-hydrogen) atoms. The highest BCUT2D eigenvalue weighted by molar-refractivity contribution is 6.43. The van der Waals surface area contributed by atoms with E-state index in [1.807, 2.05) is 0 Å². The van der Waals surface area contributed by atoms with Crippen LogP contribution in [0.3, 0.4) is 0 Å². The van der Waals surface area contributed by atoms with E-state index in [-0.39, 0.29) is 29.0 Å². The molecule has 11 heteroatoms. The lowest BCUT2D eigenvalue weighted by Crippen LogP contribution is -2.28. The standard InChI is InChI=1S/C15H11Cl2N5O4/c16-10-2-7-1-8(15(25)26)14(24)21-13(7)9(12(10)17)3-19-11(23)4-22-6-18-5-20-22/h1-2,5-6H,3-4H2,(H,19,23)(H,21,24)(H,25,26). The number of carbonyl (C=O) groups excluding carboxylic acids is 1. The monoisotopic (exact) mass is 395 g/mol. The van der Waals surface area contributed by atoms with Crippen LogP contribution >= 0.6 is 23.2 Å². The third-order valence-corrected chi connectivity index (χ3v) is 4.42. The van der Waals surface area contributed by atoms with Gasteiger partial charge in [-0.25, -0.2) is 14.5 Å². The molecule has 3 N–H and O–H groups in total. The van der Waals surface area contributed by atoms with Crippen LogP contribution in [0.4, 0.5) is 0 Å². The summed E-state index contributed by atoms with van der Waals surface area (Å²) in [5.41, 5.74) is -0.527. The normalized spacial score (nSPS) is 10.8. The summed E-state index contributed by atoms with van der Waals surface area (Å²) in [6, 6.07) is 2.65. The van der Waals surface area contributed by atoms with Crippen LogP contribution in [0.15, 0.2) is 29.6 Å². The van der Waals surface area contributed by atoms with Crippen LogP contribution in [-0.2, 0) is 17.9 Å². The van der Waals surface area contributed by atoms with E-state index in [1.165, 1.54) is 29.5 Å². The molecule has 134 valence electrons. The highest BCUT2D eigenvalue weighted by Gasteiger charge is 2.17. The van der Waals surface area contributed by atoms with Crippen molar-refractivity contribution in [3.8, 4) is 0 Å². The summed E-state index contributed by atoms with van der Waals surface area (Å²) in [5.74, 6) is -1.72. The molecule has 0 atom stereocenters. The van der Waals surface area contributed by atoms with Gasteiger partial charge in [0.05, 0.1) is 15.6 Å². The van der Waals surface area contributed by atoms with E-state index in [4.69, 9.17) is 28.3 Å². The molecule has 0 saturated carbocycles. The highest BCUT2D eigenvalue weighted by Crippen LogP contribution is 2.32. The fourth-order valence-electron chi connectivity index (χ4n) is 2.39. The number of carboxylic acid groups (broad SMARTS) is 1. The Labute approximate surface area is 155 Å². The van der Waals surface area contributed by atoms with Gasteiger partial charge in [-0.2, -0.15) is 5.10 Å². The number of aromatic carboxylic acids is 1. The van der Waals surface area contributed by atoms with Crippen molar-refractivity contribution in [2.45, 2.75) is 13.1 Å². The van der Waals surface area contributed by atoms with Crippen LogP contribution in [0.1, 0.15) is 15.9 Å². The molecule has 0 unspecified atom stereocenters. The molecule has 0 spiro atoms. The van der Waals surface area contributed by atoms with E-state index in [2.05, 4.69) is 20.4 Å². The lowest BCUT2D eigenvalue weighted by molar-refractivity contribution is -0.122. The maximum Gasteiger partial charge on any atom is 0.341 e. The molecule has 2 aromatic heterocycles. The van der Waals surface area contributed by atoms with Crippen molar-refractivity contribution >= 4 is 46.0 Å². The van der Waals surface area contributed by atoms with Gasteiger partial charge in [0.25, 0.3) is 5.56 Å². The zero-order chi connectivity index (χ0) is 18.8. The Morgan fingerprint density at radius 1 is 1.31 bits per heavy atom. The third-order valence-electron chi connectivity index (χ3n) is 3.60. The summed E-state index contributed by atoms with van der Waals surface area (Å²) >= 11 is 12.3. The van der Waals surface area contributed by atoms with Crippen molar-refractivity contribution in [3.05, 3.63) is 56.3 Å². The Morgan fingerprint density at radius 3 is 2.73 bits per heavy atom. The molecule has 0 radical (unpaired) electrons. The van der Waals surface area contributed by atoms with Gasteiger partial charge in [-0.1, -0.05) is 23.2 Å². The summed E-state index contributed by atoms with van der Waals surface area (Å²) < 4.78 is 1.34. The zero-order valence-corrected chi connectivity index (χ0v) is 14.5. The van der Waals surface area contributed by atoms with Gasteiger partial charge in [0.2, 0.25) is 5.91 Å². The van der Waals surface area contributed by atoms with Crippen LogP contribution in [0, 0.1) is 0 Å². The van der Waals surface area contributed by atoms with Crippen molar-refractivity contribution in [1.29, 1.82) is 0 Å². The first-order valence-electron chi connectivity index (χ1n) is 7.23. The largest absolute Gasteiger partial charge is 0.477 e. The van der Waals surface area contributed by atoms with Crippen LogP contribution in [-0.4, -0.2) is 36.7 Å². The minimum absolute atomic E-state index is 0.0220. The van der Waals surface area contributed by atoms with E-state index >= 15 is 0 Å². The average molecular weight is 396 g/mol.